The quantitative estimate of drug-likeness (QED) is 0.904. The van der Waals surface area contributed by atoms with Crippen molar-refractivity contribution in [2.75, 3.05) is 38.6 Å². The highest BCUT2D eigenvalue weighted by Crippen LogP contribution is 2.15. The van der Waals surface area contributed by atoms with Crippen molar-refractivity contribution in [2.45, 2.75) is 32.2 Å². The molecule has 2 rings (SSSR count). The van der Waals surface area contributed by atoms with Gasteiger partial charge in [0.1, 0.15) is 0 Å². The summed E-state index contributed by atoms with van der Waals surface area (Å²) in [4.78, 5) is 16.8. The Morgan fingerprint density at radius 2 is 2.05 bits per heavy atom. The van der Waals surface area contributed by atoms with Gasteiger partial charge >= 0.3 is 0 Å². The Morgan fingerprint density at radius 1 is 1.33 bits per heavy atom. The van der Waals surface area contributed by atoms with E-state index in [0.717, 1.165) is 37.2 Å². The number of rotatable bonds is 5. The number of piperidine rings is 1. The first kappa shape index (κ1) is 15.8. The average molecular weight is 289 g/mol. The average Bonchev–Trinajstić information content (AvgIpc) is 2.49. The molecule has 4 nitrogen and oxygen atoms in total. The molecule has 1 heterocycles. The van der Waals surface area contributed by atoms with Gasteiger partial charge in [-0.25, -0.2) is 0 Å². The van der Waals surface area contributed by atoms with Crippen molar-refractivity contribution in [3.63, 3.8) is 0 Å². The lowest BCUT2D eigenvalue weighted by Gasteiger charge is -2.32. The minimum absolute atomic E-state index is 0.0487. The minimum atomic E-state index is 0.0487. The first-order valence-electron chi connectivity index (χ1n) is 7.90. The summed E-state index contributed by atoms with van der Waals surface area (Å²) in [7, 11) is 3.97. The van der Waals surface area contributed by atoms with Crippen LogP contribution in [0.2, 0.25) is 0 Å². The van der Waals surface area contributed by atoms with Gasteiger partial charge in [0.15, 0.2) is 0 Å². The summed E-state index contributed by atoms with van der Waals surface area (Å²) in [6, 6.07) is 8.10. The lowest BCUT2D eigenvalue weighted by Crippen LogP contribution is -2.44. The van der Waals surface area contributed by atoms with Gasteiger partial charge in [-0.3, -0.25) is 4.79 Å². The highest BCUT2D eigenvalue weighted by Gasteiger charge is 2.20. The molecule has 21 heavy (non-hydrogen) atoms. The van der Waals surface area contributed by atoms with Crippen LogP contribution in [0.4, 0.5) is 5.69 Å². The molecular formula is C17H27N3O. The minimum Gasteiger partial charge on any atom is -0.378 e. The van der Waals surface area contributed by atoms with E-state index in [2.05, 4.69) is 17.1 Å². The first-order chi connectivity index (χ1) is 10.1. The fourth-order valence-electron chi connectivity index (χ4n) is 2.81. The number of nitrogens with one attached hydrogen (secondary N) is 1. The van der Waals surface area contributed by atoms with Crippen LogP contribution in [0.1, 0.15) is 36.5 Å². The second kappa shape index (κ2) is 7.46. The standard InChI is InChI=1S/C17H27N3O/c1-4-10-20-11-8-15(9-12-20)18-17(21)14-6-5-7-16(13-14)19(2)3/h5-7,13,15H,4,8-12H2,1-3H3,(H,18,21). The largest absolute Gasteiger partial charge is 0.378 e. The molecule has 0 spiro atoms. The van der Waals surface area contributed by atoms with Gasteiger partial charge in [-0.1, -0.05) is 13.0 Å². The molecule has 0 atom stereocenters. The summed E-state index contributed by atoms with van der Waals surface area (Å²) in [6.45, 7) is 5.57. The van der Waals surface area contributed by atoms with E-state index in [1.165, 1.54) is 13.0 Å². The SMILES string of the molecule is CCCN1CCC(NC(=O)c2cccc(N(C)C)c2)CC1. The molecule has 1 saturated heterocycles. The van der Waals surface area contributed by atoms with Gasteiger partial charge in [0.2, 0.25) is 0 Å². The zero-order valence-electron chi connectivity index (χ0n) is 13.4. The number of likely N-dealkylation sites (tertiary alicyclic amines) is 1. The molecule has 1 amide bonds. The number of benzene rings is 1. The monoisotopic (exact) mass is 289 g/mol. The highest BCUT2D eigenvalue weighted by molar-refractivity contribution is 5.95. The summed E-state index contributed by atoms with van der Waals surface area (Å²) in [5, 5.41) is 3.18. The predicted molar refractivity (Wildman–Crippen MR) is 88.0 cm³/mol. The number of hydrogen-bond donors (Lipinski definition) is 1. The summed E-state index contributed by atoms with van der Waals surface area (Å²) in [6.07, 6.45) is 3.31. The number of hydrogen-bond acceptors (Lipinski definition) is 3. The molecule has 116 valence electrons. The smallest absolute Gasteiger partial charge is 0.251 e. The first-order valence-corrected chi connectivity index (χ1v) is 7.90. The van der Waals surface area contributed by atoms with E-state index in [0.29, 0.717) is 6.04 Å². The van der Waals surface area contributed by atoms with Gasteiger partial charge in [0.05, 0.1) is 0 Å². The molecule has 1 aliphatic heterocycles. The van der Waals surface area contributed by atoms with Crippen LogP contribution in [-0.2, 0) is 0 Å². The number of carbonyl (C=O) groups is 1. The van der Waals surface area contributed by atoms with E-state index in [1.807, 2.05) is 43.3 Å². The summed E-state index contributed by atoms with van der Waals surface area (Å²) >= 11 is 0. The van der Waals surface area contributed by atoms with Crippen molar-refractivity contribution in [3.05, 3.63) is 29.8 Å². The number of amides is 1. The zero-order valence-corrected chi connectivity index (χ0v) is 13.4. The van der Waals surface area contributed by atoms with Crippen molar-refractivity contribution >= 4 is 11.6 Å². The van der Waals surface area contributed by atoms with E-state index in [-0.39, 0.29) is 5.91 Å². The molecule has 1 N–H and O–H groups in total. The van der Waals surface area contributed by atoms with Crippen LogP contribution in [0.15, 0.2) is 24.3 Å². The maximum Gasteiger partial charge on any atom is 0.251 e. The van der Waals surface area contributed by atoms with Crippen molar-refractivity contribution < 1.29 is 4.79 Å². The van der Waals surface area contributed by atoms with E-state index in [4.69, 9.17) is 0 Å². The molecule has 0 aromatic heterocycles. The van der Waals surface area contributed by atoms with Crippen molar-refractivity contribution in [1.29, 1.82) is 0 Å². The number of carbonyl (C=O) groups excluding carboxylic acids is 1. The second-order valence-electron chi connectivity index (χ2n) is 6.03. The second-order valence-corrected chi connectivity index (χ2v) is 6.03. The predicted octanol–water partition coefficient (Wildman–Crippen LogP) is 2.36. The molecule has 0 aliphatic carbocycles. The van der Waals surface area contributed by atoms with Crippen LogP contribution in [0, 0.1) is 0 Å². The van der Waals surface area contributed by atoms with Crippen molar-refractivity contribution in [2.24, 2.45) is 0 Å². The van der Waals surface area contributed by atoms with Gasteiger partial charge in [0.25, 0.3) is 5.91 Å². The topological polar surface area (TPSA) is 35.6 Å². The Bertz CT molecular complexity index is 465. The zero-order chi connectivity index (χ0) is 15.2. The number of anilines is 1. The number of nitrogens with zero attached hydrogens (tertiary/aromatic N) is 2. The van der Waals surface area contributed by atoms with Gasteiger partial charge in [-0.05, 0) is 44.0 Å². The van der Waals surface area contributed by atoms with Gasteiger partial charge in [0, 0.05) is 44.5 Å². The Morgan fingerprint density at radius 3 is 2.67 bits per heavy atom. The van der Waals surface area contributed by atoms with E-state index >= 15 is 0 Å². The highest BCUT2D eigenvalue weighted by atomic mass is 16.1. The van der Waals surface area contributed by atoms with Crippen LogP contribution < -0.4 is 10.2 Å². The fourth-order valence-corrected chi connectivity index (χ4v) is 2.81. The van der Waals surface area contributed by atoms with Crippen LogP contribution in [0.3, 0.4) is 0 Å². The fraction of sp³-hybridized carbons (Fsp3) is 0.588. The van der Waals surface area contributed by atoms with Gasteiger partial charge in [-0.2, -0.15) is 0 Å². The van der Waals surface area contributed by atoms with Gasteiger partial charge < -0.3 is 15.1 Å². The van der Waals surface area contributed by atoms with Crippen molar-refractivity contribution in [3.8, 4) is 0 Å². The third-order valence-electron chi connectivity index (χ3n) is 4.09. The summed E-state index contributed by atoms with van der Waals surface area (Å²) in [5.74, 6) is 0.0487. The summed E-state index contributed by atoms with van der Waals surface area (Å²) in [5.41, 5.74) is 1.80. The molecule has 0 bridgehead atoms. The molecule has 1 aromatic rings. The molecule has 4 heteroatoms. The Kier molecular flexibility index (Phi) is 5.62. The van der Waals surface area contributed by atoms with Crippen LogP contribution in [-0.4, -0.2) is 50.6 Å². The molecule has 1 aliphatic rings. The van der Waals surface area contributed by atoms with Crippen molar-refractivity contribution in [1.82, 2.24) is 10.2 Å². The van der Waals surface area contributed by atoms with E-state index in [9.17, 15) is 4.79 Å². The maximum atomic E-state index is 12.4. The third kappa shape index (κ3) is 4.46. The van der Waals surface area contributed by atoms with Crippen LogP contribution >= 0.6 is 0 Å². The third-order valence-corrected chi connectivity index (χ3v) is 4.09. The molecule has 0 unspecified atom stereocenters. The van der Waals surface area contributed by atoms with Crippen LogP contribution in [0.5, 0.6) is 0 Å². The van der Waals surface area contributed by atoms with Gasteiger partial charge in [-0.15, -0.1) is 0 Å². The molecule has 1 fully saturated rings. The lowest BCUT2D eigenvalue weighted by molar-refractivity contribution is 0.0911. The molecule has 0 radical (unpaired) electrons. The molecular weight excluding hydrogens is 262 g/mol. The molecule has 0 saturated carbocycles. The molecule has 1 aromatic carbocycles. The maximum absolute atomic E-state index is 12.4. The Labute approximate surface area is 128 Å². The van der Waals surface area contributed by atoms with E-state index < -0.39 is 0 Å². The Hall–Kier alpha value is -1.55. The Balaban J connectivity index is 1.89. The lowest BCUT2D eigenvalue weighted by atomic mass is 10.0. The normalized spacial score (nSPS) is 16.7. The van der Waals surface area contributed by atoms with E-state index in [1.54, 1.807) is 0 Å². The van der Waals surface area contributed by atoms with Crippen LogP contribution in [0.25, 0.3) is 0 Å². The summed E-state index contributed by atoms with van der Waals surface area (Å²) < 4.78 is 0.